The van der Waals surface area contributed by atoms with Crippen LogP contribution in [0.5, 0.6) is 17.2 Å². The van der Waals surface area contributed by atoms with E-state index in [0.717, 1.165) is 12.1 Å². The van der Waals surface area contributed by atoms with Gasteiger partial charge >= 0.3 is 0 Å². The van der Waals surface area contributed by atoms with E-state index in [9.17, 15) is 4.79 Å². The molecule has 1 aliphatic rings. The second kappa shape index (κ2) is 9.25. The number of aromatic nitrogens is 5. The number of imidazole rings is 1. The molecule has 5 rings (SSSR count). The van der Waals surface area contributed by atoms with Crippen molar-refractivity contribution in [3.63, 3.8) is 0 Å². The van der Waals surface area contributed by atoms with Crippen LogP contribution in [0.25, 0.3) is 16.0 Å². The van der Waals surface area contributed by atoms with Gasteiger partial charge in [0.15, 0.2) is 22.1 Å². The first kappa shape index (κ1) is 22.7. The lowest BCUT2D eigenvalue weighted by molar-refractivity contribution is -0.119. The van der Waals surface area contributed by atoms with E-state index in [1.165, 1.54) is 11.3 Å². The van der Waals surface area contributed by atoms with Gasteiger partial charge in [0, 0.05) is 18.7 Å². The first-order chi connectivity index (χ1) is 17.0. The van der Waals surface area contributed by atoms with Crippen LogP contribution >= 0.6 is 11.3 Å². The summed E-state index contributed by atoms with van der Waals surface area (Å²) in [6.07, 6.45) is 5.00. The quantitative estimate of drug-likeness (QED) is 0.373. The molecule has 1 aromatic carbocycles. The summed E-state index contributed by atoms with van der Waals surface area (Å²) in [4.78, 5) is 32.6. The Kier molecular flexibility index (Phi) is 5.99. The lowest BCUT2D eigenvalue weighted by Gasteiger charge is -2.22. The standard InChI is InChI=1S/C22H24N8O4S/c1-32-14-7-12(8-15(33-2)18(14)34-3)29-9-16(24-10-29)26-20-17-21(35-11-25-17)28-22(27-20)30-6-4-5-13(30)19(23)31/h7-11,13H,4-6H2,1-3H3,(H2,23,31)(H,26,27,28)/t13-/m0/s1. The van der Waals surface area contributed by atoms with Crippen molar-refractivity contribution < 1.29 is 19.0 Å². The Morgan fingerprint density at radius 2 is 1.91 bits per heavy atom. The molecule has 1 fully saturated rings. The van der Waals surface area contributed by atoms with Crippen molar-refractivity contribution in [2.45, 2.75) is 18.9 Å². The summed E-state index contributed by atoms with van der Waals surface area (Å²) in [5.74, 6) is 2.67. The highest BCUT2D eigenvalue weighted by Crippen LogP contribution is 2.39. The average molecular weight is 497 g/mol. The molecule has 182 valence electrons. The molecule has 1 aliphatic heterocycles. The molecule has 0 bridgehead atoms. The zero-order valence-corrected chi connectivity index (χ0v) is 20.2. The molecule has 3 N–H and O–H groups in total. The number of nitrogens with two attached hydrogens (primary N) is 1. The van der Waals surface area contributed by atoms with Crippen LogP contribution in [0.3, 0.4) is 0 Å². The van der Waals surface area contributed by atoms with E-state index in [1.807, 2.05) is 27.8 Å². The molecule has 0 saturated carbocycles. The Bertz CT molecular complexity index is 1360. The molecule has 35 heavy (non-hydrogen) atoms. The van der Waals surface area contributed by atoms with Crippen molar-refractivity contribution in [3.8, 4) is 22.9 Å². The fraction of sp³-hybridized carbons (Fsp3) is 0.318. The van der Waals surface area contributed by atoms with Gasteiger partial charge in [-0.25, -0.2) is 9.97 Å². The van der Waals surface area contributed by atoms with Crippen molar-refractivity contribution in [3.05, 3.63) is 30.2 Å². The summed E-state index contributed by atoms with van der Waals surface area (Å²) in [7, 11) is 4.69. The van der Waals surface area contributed by atoms with Crippen LogP contribution in [0.15, 0.2) is 30.2 Å². The van der Waals surface area contributed by atoms with Crippen LogP contribution in [0.2, 0.25) is 0 Å². The number of amides is 1. The van der Waals surface area contributed by atoms with Crippen molar-refractivity contribution in [1.29, 1.82) is 0 Å². The Labute approximate surface area is 204 Å². The number of fused-ring (bicyclic) bond motifs is 1. The highest BCUT2D eigenvalue weighted by molar-refractivity contribution is 7.16. The summed E-state index contributed by atoms with van der Waals surface area (Å²) >= 11 is 1.40. The van der Waals surface area contributed by atoms with Gasteiger partial charge < -0.3 is 34.7 Å². The minimum absolute atomic E-state index is 0.380. The molecule has 1 saturated heterocycles. The summed E-state index contributed by atoms with van der Waals surface area (Å²) in [6.45, 7) is 0.660. The lowest BCUT2D eigenvalue weighted by Crippen LogP contribution is -2.41. The van der Waals surface area contributed by atoms with Gasteiger partial charge in [0.1, 0.15) is 23.7 Å². The third kappa shape index (κ3) is 4.14. The van der Waals surface area contributed by atoms with Crippen LogP contribution in [-0.2, 0) is 4.79 Å². The highest BCUT2D eigenvalue weighted by atomic mass is 32.1. The number of thiazole rings is 1. The van der Waals surface area contributed by atoms with E-state index in [2.05, 4.69) is 25.3 Å². The van der Waals surface area contributed by atoms with Gasteiger partial charge in [-0.05, 0) is 12.8 Å². The van der Waals surface area contributed by atoms with Gasteiger partial charge in [0.2, 0.25) is 17.6 Å². The Morgan fingerprint density at radius 3 is 2.60 bits per heavy atom. The number of anilines is 3. The molecule has 12 nitrogen and oxygen atoms in total. The van der Waals surface area contributed by atoms with Crippen molar-refractivity contribution in [2.75, 3.05) is 38.1 Å². The van der Waals surface area contributed by atoms with E-state index >= 15 is 0 Å². The largest absolute Gasteiger partial charge is 0.493 e. The predicted octanol–water partition coefficient (Wildman–Crippen LogP) is 2.50. The third-order valence-corrected chi connectivity index (χ3v) is 6.52. The molecule has 1 amide bonds. The van der Waals surface area contributed by atoms with Crippen LogP contribution in [0, 0.1) is 0 Å². The summed E-state index contributed by atoms with van der Waals surface area (Å²) < 4.78 is 18.1. The molecule has 4 heterocycles. The van der Waals surface area contributed by atoms with E-state index in [1.54, 1.807) is 33.2 Å². The number of primary amides is 1. The van der Waals surface area contributed by atoms with E-state index in [0.29, 0.717) is 58.1 Å². The van der Waals surface area contributed by atoms with Crippen LogP contribution < -0.4 is 30.2 Å². The maximum absolute atomic E-state index is 11.9. The van der Waals surface area contributed by atoms with Crippen LogP contribution in [0.4, 0.5) is 17.6 Å². The monoisotopic (exact) mass is 496 g/mol. The lowest BCUT2D eigenvalue weighted by atomic mass is 10.2. The second-order valence-electron chi connectivity index (χ2n) is 7.81. The Morgan fingerprint density at radius 1 is 1.14 bits per heavy atom. The maximum atomic E-state index is 11.9. The van der Waals surface area contributed by atoms with Crippen molar-refractivity contribution in [1.82, 2.24) is 24.5 Å². The number of carbonyl (C=O) groups excluding carboxylic acids is 1. The smallest absolute Gasteiger partial charge is 0.240 e. The topological polar surface area (TPSA) is 143 Å². The number of nitrogens with one attached hydrogen (secondary N) is 1. The number of hydrogen-bond acceptors (Lipinski definition) is 11. The molecule has 1 atom stereocenters. The number of rotatable bonds is 8. The molecule has 13 heteroatoms. The molecular weight excluding hydrogens is 472 g/mol. The fourth-order valence-corrected chi connectivity index (χ4v) is 4.79. The number of benzene rings is 1. The fourth-order valence-electron chi connectivity index (χ4n) is 4.13. The van der Waals surface area contributed by atoms with Gasteiger partial charge in [-0.3, -0.25) is 4.79 Å². The Balaban J connectivity index is 1.48. The second-order valence-corrected chi connectivity index (χ2v) is 8.64. The molecule has 0 aliphatic carbocycles. The number of carbonyl (C=O) groups is 1. The molecule has 3 aromatic heterocycles. The van der Waals surface area contributed by atoms with Gasteiger partial charge in [0.25, 0.3) is 0 Å². The van der Waals surface area contributed by atoms with Gasteiger partial charge in [-0.1, -0.05) is 0 Å². The zero-order chi connectivity index (χ0) is 24.5. The van der Waals surface area contributed by atoms with E-state index in [4.69, 9.17) is 19.9 Å². The molecule has 0 spiro atoms. The van der Waals surface area contributed by atoms with Crippen molar-refractivity contribution in [2.24, 2.45) is 5.73 Å². The number of hydrogen-bond donors (Lipinski definition) is 2. The number of ether oxygens (including phenoxy) is 3. The third-order valence-electron chi connectivity index (χ3n) is 5.80. The highest BCUT2D eigenvalue weighted by Gasteiger charge is 2.31. The minimum Gasteiger partial charge on any atom is -0.493 e. The summed E-state index contributed by atoms with van der Waals surface area (Å²) in [5.41, 5.74) is 8.69. The zero-order valence-electron chi connectivity index (χ0n) is 19.4. The first-order valence-corrected chi connectivity index (χ1v) is 11.7. The van der Waals surface area contributed by atoms with E-state index in [-0.39, 0.29) is 5.91 Å². The Hall–Kier alpha value is -4.13. The van der Waals surface area contributed by atoms with Gasteiger partial charge in [-0.15, -0.1) is 11.3 Å². The van der Waals surface area contributed by atoms with Gasteiger partial charge in [-0.2, -0.15) is 9.97 Å². The first-order valence-electron chi connectivity index (χ1n) is 10.8. The number of methoxy groups -OCH3 is 3. The van der Waals surface area contributed by atoms with E-state index < -0.39 is 6.04 Å². The predicted molar refractivity (Wildman–Crippen MR) is 131 cm³/mol. The summed E-state index contributed by atoms with van der Waals surface area (Å²) in [5, 5.41) is 3.24. The average Bonchev–Trinajstić information content (AvgIpc) is 3.63. The summed E-state index contributed by atoms with van der Waals surface area (Å²) in [6, 6.07) is 3.23. The normalized spacial score (nSPS) is 15.4. The maximum Gasteiger partial charge on any atom is 0.240 e. The molecule has 4 aromatic rings. The molecule has 0 radical (unpaired) electrons. The van der Waals surface area contributed by atoms with Crippen LogP contribution in [0.1, 0.15) is 12.8 Å². The van der Waals surface area contributed by atoms with Gasteiger partial charge in [0.05, 0.1) is 38.7 Å². The van der Waals surface area contributed by atoms with Crippen LogP contribution in [-0.4, -0.2) is 64.3 Å². The minimum atomic E-state index is -0.424. The van der Waals surface area contributed by atoms with Crippen molar-refractivity contribution >= 4 is 45.2 Å². The number of nitrogens with zero attached hydrogens (tertiary/aromatic N) is 6. The molecule has 0 unspecified atom stereocenters. The molecular formula is C22H24N8O4S. The SMILES string of the molecule is COc1cc(-n2cnc(Nc3nc(N4CCC[C@H]4C(N)=O)nc4scnc34)c2)cc(OC)c1OC.